The van der Waals surface area contributed by atoms with Gasteiger partial charge in [0.1, 0.15) is 0 Å². The first kappa shape index (κ1) is 14.0. The molecule has 0 aliphatic heterocycles. The van der Waals surface area contributed by atoms with Crippen molar-refractivity contribution < 1.29 is 10.2 Å². The zero-order chi connectivity index (χ0) is 14.8. The van der Waals surface area contributed by atoms with E-state index >= 15 is 0 Å². The van der Waals surface area contributed by atoms with Gasteiger partial charge in [0.05, 0.1) is 12.2 Å². The molecule has 4 rings (SSSR count). The van der Waals surface area contributed by atoms with Crippen LogP contribution in [0.2, 0.25) is 0 Å². The Kier molecular flexibility index (Phi) is 2.97. The van der Waals surface area contributed by atoms with E-state index in [-0.39, 0.29) is 23.0 Å². The summed E-state index contributed by atoms with van der Waals surface area (Å²) < 4.78 is 0. The van der Waals surface area contributed by atoms with Gasteiger partial charge < -0.3 is 10.2 Å². The maximum atomic E-state index is 10.4. The second-order valence-electron chi connectivity index (χ2n) is 8.38. The van der Waals surface area contributed by atoms with E-state index in [9.17, 15) is 10.2 Å². The zero-order valence-electron chi connectivity index (χ0n) is 13.3. The second kappa shape index (κ2) is 4.45. The van der Waals surface area contributed by atoms with Crippen LogP contribution in [0.5, 0.6) is 0 Å². The first-order chi connectivity index (χ1) is 9.95. The van der Waals surface area contributed by atoms with E-state index in [1.54, 1.807) is 0 Å². The number of aliphatic hydroxyl groups excluding tert-OH is 2. The highest BCUT2D eigenvalue weighted by Crippen LogP contribution is 2.64. The van der Waals surface area contributed by atoms with E-state index in [0.29, 0.717) is 11.8 Å². The van der Waals surface area contributed by atoms with Gasteiger partial charge in [0.15, 0.2) is 0 Å². The number of hydrogen-bond donors (Lipinski definition) is 2. The van der Waals surface area contributed by atoms with Gasteiger partial charge in [-0.05, 0) is 61.7 Å². The fraction of sp³-hybridized carbons (Fsp3) is 0.789. The summed E-state index contributed by atoms with van der Waals surface area (Å²) in [6, 6.07) is 0. The molecule has 116 valence electrons. The van der Waals surface area contributed by atoms with Crippen molar-refractivity contribution in [3.05, 3.63) is 23.8 Å². The molecule has 4 aliphatic carbocycles. The Morgan fingerprint density at radius 2 is 1.86 bits per heavy atom. The molecule has 0 heterocycles. The largest absolute Gasteiger partial charge is 0.393 e. The smallest absolute Gasteiger partial charge is 0.0905 e. The minimum atomic E-state index is -0.383. The molecule has 21 heavy (non-hydrogen) atoms. The number of rotatable bonds is 0. The Bertz CT molecular complexity index is 508. The topological polar surface area (TPSA) is 40.5 Å². The minimum Gasteiger partial charge on any atom is -0.393 e. The molecule has 2 N–H and O–H groups in total. The highest BCUT2D eigenvalue weighted by molar-refractivity contribution is 5.33. The summed E-state index contributed by atoms with van der Waals surface area (Å²) in [5.74, 6) is 2.15. The van der Waals surface area contributed by atoms with Crippen molar-refractivity contribution in [2.45, 2.75) is 64.6 Å². The maximum absolute atomic E-state index is 10.4. The van der Waals surface area contributed by atoms with Crippen LogP contribution in [0.4, 0.5) is 0 Å². The molecule has 3 saturated carbocycles. The minimum absolute atomic E-state index is 0.0862. The van der Waals surface area contributed by atoms with E-state index in [4.69, 9.17) is 0 Å². The van der Waals surface area contributed by atoms with Gasteiger partial charge in [-0.3, -0.25) is 0 Å². The second-order valence-corrected chi connectivity index (χ2v) is 8.38. The van der Waals surface area contributed by atoms with Gasteiger partial charge in [-0.1, -0.05) is 37.6 Å². The van der Waals surface area contributed by atoms with Crippen LogP contribution in [0.15, 0.2) is 23.8 Å². The van der Waals surface area contributed by atoms with Gasteiger partial charge in [0.2, 0.25) is 0 Å². The van der Waals surface area contributed by atoms with Crippen molar-refractivity contribution in [2.75, 3.05) is 0 Å². The monoisotopic (exact) mass is 288 g/mol. The zero-order valence-corrected chi connectivity index (χ0v) is 13.3. The van der Waals surface area contributed by atoms with E-state index in [1.165, 1.54) is 31.3 Å². The van der Waals surface area contributed by atoms with Crippen molar-refractivity contribution in [2.24, 2.45) is 28.6 Å². The third-order valence-corrected chi connectivity index (χ3v) is 7.61. The lowest BCUT2D eigenvalue weighted by Gasteiger charge is -2.56. The molecule has 2 heteroatoms. The lowest BCUT2D eigenvalue weighted by molar-refractivity contribution is -0.0620. The third kappa shape index (κ3) is 1.78. The van der Waals surface area contributed by atoms with E-state index in [1.807, 2.05) is 6.08 Å². The first-order valence-corrected chi connectivity index (χ1v) is 8.72. The molecule has 0 spiro atoms. The number of fused-ring (bicyclic) bond motifs is 5. The average Bonchev–Trinajstić information content (AvgIpc) is 2.76. The molecule has 0 aromatic heterocycles. The molecule has 0 saturated heterocycles. The van der Waals surface area contributed by atoms with Crippen LogP contribution in [-0.4, -0.2) is 22.4 Å². The van der Waals surface area contributed by atoms with Crippen LogP contribution >= 0.6 is 0 Å². The lowest BCUT2D eigenvalue weighted by atomic mass is 9.48. The van der Waals surface area contributed by atoms with Gasteiger partial charge in [-0.15, -0.1) is 0 Å². The highest BCUT2D eigenvalue weighted by atomic mass is 16.3. The molecule has 4 aliphatic rings. The molecule has 0 amide bonds. The SMILES string of the molecule is C[C@]12CC[C@H]3[C@@H](CCC4=C[C@@H](O)C=C[C@@]43C)[C@@H]1CC[C@H]2O. The number of aliphatic hydroxyl groups is 2. The van der Waals surface area contributed by atoms with Crippen LogP contribution in [-0.2, 0) is 0 Å². The van der Waals surface area contributed by atoms with Gasteiger partial charge >= 0.3 is 0 Å². The molecular formula is C19H28O2. The van der Waals surface area contributed by atoms with E-state index < -0.39 is 0 Å². The number of allylic oxidation sites excluding steroid dienone is 2. The number of hydrogen-bond acceptors (Lipinski definition) is 2. The lowest BCUT2D eigenvalue weighted by Crippen LogP contribution is -2.50. The fourth-order valence-electron chi connectivity index (χ4n) is 6.29. The quantitative estimate of drug-likeness (QED) is 0.670. The molecular weight excluding hydrogens is 260 g/mol. The Morgan fingerprint density at radius 1 is 1.05 bits per heavy atom. The Morgan fingerprint density at radius 3 is 2.67 bits per heavy atom. The molecule has 0 aromatic carbocycles. The molecule has 0 aromatic rings. The Hall–Kier alpha value is -0.600. The van der Waals surface area contributed by atoms with Crippen LogP contribution in [0.1, 0.15) is 52.4 Å². The Balaban J connectivity index is 1.69. The van der Waals surface area contributed by atoms with Crippen molar-refractivity contribution in [3.63, 3.8) is 0 Å². The average molecular weight is 288 g/mol. The maximum Gasteiger partial charge on any atom is 0.0905 e. The van der Waals surface area contributed by atoms with Crippen LogP contribution in [0.3, 0.4) is 0 Å². The third-order valence-electron chi connectivity index (χ3n) is 7.61. The van der Waals surface area contributed by atoms with Gasteiger partial charge in [-0.2, -0.15) is 0 Å². The van der Waals surface area contributed by atoms with E-state index in [2.05, 4.69) is 26.0 Å². The van der Waals surface area contributed by atoms with Gasteiger partial charge in [0.25, 0.3) is 0 Å². The van der Waals surface area contributed by atoms with Crippen LogP contribution in [0, 0.1) is 28.6 Å². The highest BCUT2D eigenvalue weighted by Gasteiger charge is 2.58. The summed E-state index contributed by atoms with van der Waals surface area (Å²) in [6.07, 6.45) is 12.9. The molecule has 3 fully saturated rings. The summed E-state index contributed by atoms with van der Waals surface area (Å²) in [5, 5.41) is 20.3. The van der Waals surface area contributed by atoms with Crippen molar-refractivity contribution in [1.82, 2.24) is 0 Å². The van der Waals surface area contributed by atoms with Crippen molar-refractivity contribution in [1.29, 1.82) is 0 Å². The summed E-state index contributed by atoms with van der Waals surface area (Å²) in [5.41, 5.74) is 1.77. The molecule has 0 radical (unpaired) electrons. The summed E-state index contributed by atoms with van der Waals surface area (Å²) in [6.45, 7) is 4.71. The standard InChI is InChI=1S/C19H28O2/c1-18-9-7-13(20)11-12(18)3-4-14-15-5-6-17(21)19(15,2)10-8-16(14)18/h7,9,11,13-17,20-21H,3-6,8,10H2,1-2H3/t13-,14-,15-,16-,17+,18-,19-/m0/s1. The van der Waals surface area contributed by atoms with Gasteiger partial charge in [-0.25, -0.2) is 0 Å². The van der Waals surface area contributed by atoms with Crippen molar-refractivity contribution in [3.8, 4) is 0 Å². The van der Waals surface area contributed by atoms with Crippen LogP contribution in [0.25, 0.3) is 0 Å². The van der Waals surface area contributed by atoms with Crippen LogP contribution < -0.4 is 0 Å². The Labute approximate surface area is 127 Å². The van der Waals surface area contributed by atoms with Gasteiger partial charge in [0, 0.05) is 5.41 Å². The predicted molar refractivity (Wildman–Crippen MR) is 83.6 cm³/mol. The molecule has 2 nitrogen and oxygen atoms in total. The fourth-order valence-corrected chi connectivity index (χ4v) is 6.29. The first-order valence-electron chi connectivity index (χ1n) is 8.72. The molecule has 0 unspecified atom stereocenters. The summed E-state index contributed by atoms with van der Waals surface area (Å²) in [4.78, 5) is 0. The van der Waals surface area contributed by atoms with E-state index in [0.717, 1.165) is 18.8 Å². The summed E-state index contributed by atoms with van der Waals surface area (Å²) in [7, 11) is 0. The summed E-state index contributed by atoms with van der Waals surface area (Å²) >= 11 is 0. The molecule has 7 atom stereocenters. The molecule has 0 bridgehead atoms. The van der Waals surface area contributed by atoms with Crippen molar-refractivity contribution >= 4 is 0 Å². The normalized spacial score (nSPS) is 55.4. The predicted octanol–water partition coefficient (Wildman–Crippen LogP) is 3.45.